The largest absolute Gasteiger partial charge is 0.449 e. The van der Waals surface area contributed by atoms with Crippen LogP contribution in [0.2, 0.25) is 0 Å². The van der Waals surface area contributed by atoms with Gasteiger partial charge in [-0.25, -0.2) is 13.2 Å². The van der Waals surface area contributed by atoms with Crippen molar-refractivity contribution in [3.63, 3.8) is 0 Å². The molecule has 29 heavy (non-hydrogen) atoms. The summed E-state index contributed by atoms with van der Waals surface area (Å²) in [7, 11) is -3.46. The molecule has 1 aromatic rings. The average molecular weight is 415 g/mol. The SMILES string of the molecule is CC(OC(=O)C1=CN2CCS(=O)(=O)N=C2C=C1)C(=O)Nc1ccc2c(c1)CCC2. The van der Waals surface area contributed by atoms with Crippen molar-refractivity contribution in [2.75, 3.05) is 17.6 Å². The number of ether oxygens (including phenoxy) is 1. The monoisotopic (exact) mass is 415 g/mol. The van der Waals surface area contributed by atoms with E-state index in [-0.39, 0.29) is 23.7 Å². The highest BCUT2D eigenvalue weighted by Crippen LogP contribution is 2.25. The summed E-state index contributed by atoms with van der Waals surface area (Å²) in [6, 6.07) is 5.84. The third-order valence-corrected chi connectivity index (χ3v) is 6.24. The molecule has 4 rings (SSSR count). The molecule has 0 spiro atoms. The summed E-state index contributed by atoms with van der Waals surface area (Å²) in [6.45, 7) is 1.71. The fourth-order valence-corrected chi connectivity index (χ4v) is 4.47. The minimum atomic E-state index is -3.46. The first-order valence-corrected chi connectivity index (χ1v) is 11.0. The maximum atomic E-state index is 12.4. The van der Waals surface area contributed by atoms with Gasteiger partial charge in [0.25, 0.3) is 15.9 Å². The van der Waals surface area contributed by atoms with Crippen LogP contribution >= 0.6 is 0 Å². The van der Waals surface area contributed by atoms with Gasteiger partial charge in [-0.3, -0.25) is 4.79 Å². The lowest BCUT2D eigenvalue weighted by Gasteiger charge is -2.27. The summed E-state index contributed by atoms with van der Waals surface area (Å²) in [5, 5.41) is 2.78. The van der Waals surface area contributed by atoms with Crippen LogP contribution in [0.3, 0.4) is 0 Å². The number of sulfonamides is 1. The van der Waals surface area contributed by atoms with Gasteiger partial charge in [-0.1, -0.05) is 6.07 Å². The summed E-state index contributed by atoms with van der Waals surface area (Å²) in [4.78, 5) is 26.4. The van der Waals surface area contributed by atoms with Gasteiger partial charge in [0.1, 0.15) is 5.84 Å². The number of amides is 1. The molecule has 0 radical (unpaired) electrons. The van der Waals surface area contributed by atoms with Gasteiger partial charge in [0.05, 0.1) is 11.3 Å². The van der Waals surface area contributed by atoms with Crippen molar-refractivity contribution in [1.29, 1.82) is 0 Å². The minimum absolute atomic E-state index is 0.122. The van der Waals surface area contributed by atoms with Crippen LogP contribution in [0.15, 0.2) is 46.5 Å². The summed E-state index contributed by atoms with van der Waals surface area (Å²) in [5.74, 6) is -0.938. The first kappa shape index (κ1) is 19.4. The molecule has 1 atom stereocenters. The highest BCUT2D eigenvalue weighted by Gasteiger charge is 2.27. The zero-order valence-electron chi connectivity index (χ0n) is 15.9. The molecule has 1 amide bonds. The predicted octanol–water partition coefficient (Wildman–Crippen LogP) is 1.54. The molecule has 8 nitrogen and oxygen atoms in total. The van der Waals surface area contributed by atoms with E-state index in [4.69, 9.17) is 4.74 Å². The number of aryl methyl sites for hydroxylation is 2. The van der Waals surface area contributed by atoms with Gasteiger partial charge in [0.2, 0.25) is 0 Å². The van der Waals surface area contributed by atoms with Gasteiger partial charge >= 0.3 is 5.97 Å². The van der Waals surface area contributed by atoms with Crippen LogP contribution in [-0.4, -0.2) is 49.4 Å². The lowest BCUT2D eigenvalue weighted by atomic mass is 10.1. The number of hydrogen-bond donors (Lipinski definition) is 1. The Kier molecular flexibility index (Phi) is 4.99. The number of nitrogens with zero attached hydrogens (tertiary/aromatic N) is 2. The van der Waals surface area contributed by atoms with E-state index in [0.29, 0.717) is 5.69 Å². The number of anilines is 1. The van der Waals surface area contributed by atoms with Gasteiger partial charge < -0.3 is 15.0 Å². The minimum Gasteiger partial charge on any atom is -0.449 e. The predicted molar refractivity (Wildman–Crippen MR) is 108 cm³/mol. The van der Waals surface area contributed by atoms with Crippen molar-refractivity contribution in [2.45, 2.75) is 32.3 Å². The topological polar surface area (TPSA) is 105 Å². The Labute approximate surface area is 169 Å². The molecule has 2 heterocycles. The van der Waals surface area contributed by atoms with Crippen LogP contribution in [0.4, 0.5) is 5.69 Å². The Balaban J connectivity index is 1.38. The Hall–Kier alpha value is -2.94. The van der Waals surface area contributed by atoms with Crippen molar-refractivity contribution < 1.29 is 22.7 Å². The van der Waals surface area contributed by atoms with Crippen LogP contribution in [-0.2, 0) is 37.2 Å². The van der Waals surface area contributed by atoms with E-state index in [0.717, 1.165) is 19.3 Å². The Morgan fingerprint density at radius 2 is 2.00 bits per heavy atom. The number of nitrogens with one attached hydrogen (secondary N) is 1. The van der Waals surface area contributed by atoms with E-state index in [1.807, 2.05) is 18.2 Å². The van der Waals surface area contributed by atoms with E-state index in [1.165, 1.54) is 36.4 Å². The molecule has 1 N–H and O–H groups in total. The van der Waals surface area contributed by atoms with Gasteiger partial charge in [-0.2, -0.15) is 0 Å². The molecule has 0 saturated heterocycles. The summed E-state index contributed by atoms with van der Waals surface area (Å²) >= 11 is 0. The second-order valence-electron chi connectivity index (χ2n) is 7.22. The Morgan fingerprint density at radius 1 is 1.21 bits per heavy atom. The van der Waals surface area contributed by atoms with Crippen molar-refractivity contribution in [1.82, 2.24) is 4.90 Å². The number of esters is 1. The van der Waals surface area contributed by atoms with Crippen molar-refractivity contribution in [2.24, 2.45) is 4.40 Å². The number of benzene rings is 1. The molecule has 1 aromatic carbocycles. The molecule has 1 aliphatic carbocycles. The molecule has 152 valence electrons. The molecule has 0 saturated carbocycles. The fourth-order valence-electron chi connectivity index (χ4n) is 3.50. The normalized spacial score (nSPS) is 20.1. The molecule has 0 bridgehead atoms. The van der Waals surface area contributed by atoms with E-state index in [1.54, 1.807) is 4.90 Å². The molecule has 3 aliphatic rings. The highest BCUT2D eigenvalue weighted by molar-refractivity contribution is 7.90. The molecule has 9 heteroatoms. The van der Waals surface area contributed by atoms with Gasteiger partial charge in [-0.05, 0) is 61.6 Å². The summed E-state index contributed by atoms with van der Waals surface area (Å²) in [5.41, 5.74) is 3.46. The highest BCUT2D eigenvalue weighted by atomic mass is 32.2. The van der Waals surface area contributed by atoms with Crippen LogP contribution in [0, 0.1) is 0 Å². The third-order valence-electron chi connectivity index (χ3n) is 5.08. The Morgan fingerprint density at radius 3 is 2.83 bits per heavy atom. The zero-order valence-corrected chi connectivity index (χ0v) is 16.7. The second-order valence-corrected chi connectivity index (χ2v) is 8.98. The fraction of sp³-hybridized carbons (Fsp3) is 0.350. The summed E-state index contributed by atoms with van der Waals surface area (Å²) < 4.78 is 32.0. The number of fused-ring (bicyclic) bond motifs is 2. The van der Waals surface area contributed by atoms with Gasteiger partial charge in [-0.15, -0.1) is 4.40 Å². The van der Waals surface area contributed by atoms with E-state index in [2.05, 4.69) is 9.71 Å². The van der Waals surface area contributed by atoms with Crippen LogP contribution in [0.25, 0.3) is 0 Å². The van der Waals surface area contributed by atoms with Gasteiger partial charge in [0.15, 0.2) is 6.10 Å². The first-order valence-electron chi connectivity index (χ1n) is 9.43. The molecule has 2 aliphatic heterocycles. The molecular formula is C20H21N3O5S. The smallest absolute Gasteiger partial charge is 0.340 e. The molecule has 0 aromatic heterocycles. The van der Waals surface area contributed by atoms with E-state index >= 15 is 0 Å². The lowest BCUT2D eigenvalue weighted by Crippen LogP contribution is -2.37. The van der Waals surface area contributed by atoms with Crippen LogP contribution < -0.4 is 5.32 Å². The standard InChI is InChI=1S/C20H21N3O5S/c1-13(19(24)21-17-7-5-14-3-2-4-15(14)11-17)28-20(25)16-6-8-18-22-29(26,27)10-9-23(18)12-16/h5-8,11-13H,2-4,9-10H2,1H3,(H,21,24). The van der Waals surface area contributed by atoms with Crippen molar-refractivity contribution in [3.05, 3.63) is 53.3 Å². The lowest BCUT2D eigenvalue weighted by molar-refractivity contribution is -0.149. The molecule has 1 unspecified atom stereocenters. The van der Waals surface area contributed by atoms with Crippen molar-refractivity contribution >= 4 is 33.4 Å². The van der Waals surface area contributed by atoms with E-state index in [9.17, 15) is 18.0 Å². The second kappa shape index (κ2) is 7.47. The zero-order chi connectivity index (χ0) is 20.6. The molecule has 0 fully saturated rings. The van der Waals surface area contributed by atoms with Crippen LogP contribution in [0.1, 0.15) is 24.5 Å². The first-order chi connectivity index (χ1) is 13.8. The average Bonchev–Trinajstić information content (AvgIpc) is 3.14. The Bertz CT molecular complexity index is 1070. The number of hydrogen-bond acceptors (Lipinski definition) is 6. The number of rotatable bonds is 4. The van der Waals surface area contributed by atoms with Gasteiger partial charge in [0, 0.05) is 18.4 Å². The number of carbonyl (C=O) groups excluding carboxylic acids is 2. The number of amidine groups is 1. The van der Waals surface area contributed by atoms with Crippen LogP contribution in [0.5, 0.6) is 0 Å². The quantitative estimate of drug-likeness (QED) is 0.748. The maximum Gasteiger partial charge on any atom is 0.340 e. The maximum absolute atomic E-state index is 12.4. The number of carbonyl (C=O) groups is 2. The molecular weight excluding hydrogens is 394 g/mol. The van der Waals surface area contributed by atoms with E-state index < -0.39 is 28.0 Å². The summed E-state index contributed by atoms with van der Waals surface area (Å²) in [6.07, 6.45) is 6.58. The third kappa shape index (κ3) is 4.24. The van der Waals surface area contributed by atoms with Crippen molar-refractivity contribution in [3.8, 4) is 0 Å².